The van der Waals surface area contributed by atoms with E-state index in [1.807, 2.05) is 24.3 Å². The van der Waals surface area contributed by atoms with E-state index in [1.54, 1.807) is 21.0 Å². The molecule has 0 N–H and O–H groups in total. The molecule has 0 fully saturated rings. The Bertz CT molecular complexity index is 1700. The Kier molecular flexibility index (Phi) is 8.31. The van der Waals surface area contributed by atoms with Gasteiger partial charge in [-0.3, -0.25) is 4.98 Å². The van der Waals surface area contributed by atoms with Gasteiger partial charge < -0.3 is 4.74 Å². The van der Waals surface area contributed by atoms with Crippen LogP contribution in [0.1, 0.15) is 22.4 Å². The lowest BCUT2D eigenvalue weighted by Crippen LogP contribution is -2.00. The first-order chi connectivity index (χ1) is 18.0. The Balaban J connectivity index is 0.000000194. The maximum atomic E-state index is 14.0. The summed E-state index contributed by atoms with van der Waals surface area (Å²) in [6.07, 6.45) is 0.497. The van der Waals surface area contributed by atoms with Crippen LogP contribution in [-0.2, 0) is 6.42 Å². The molecule has 2 aromatic heterocycles. The summed E-state index contributed by atoms with van der Waals surface area (Å²) in [7, 11) is 1.60. The first-order valence-corrected chi connectivity index (χ1v) is 12.3. The van der Waals surface area contributed by atoms with Crippen LogP contribution in [-0.4, -0.2) is 17.1 Å². The Morgan fingerprint density at radius 1 is 0.737 bits per heavy atom. The van der Waals surface area contributed by atoms with Gasteiger partial charge in [-0.15, -0.1) is 0 Å². The first kappa shape index (κ1) is 27.9. The number of benzene rings is 3. The predicted molar refractivity (Wildman–Crippen MR) is 144 cm³/mol. The summed E-state index contributed by atoms with van der Waals surface area (Å²) in [4.78, 5) is 8.26. The standard InChI is InChI=1S/C18H14ClF2NO.C10H5Cl2F2N/c1-10-15(7-11-4-3-5-13(6-11)23-2)22-16-9-12(20)8-14(21)17(16)18(10)19;1-4-9(11)8-6(14)2-5(13)3-7(8)15-10(4)12/h3-6,8-9H,7H2,1-2H3;2-3H,1H3. The van der Waals surface area contributed by atoms with Crippen molar-refractivity contribution >= 4 is 56.6 Å². The van der Waals surface area contributed by atoms with E-state index in [2.05, 4.69) is 9.97 Å². The van der Waals surface area contributed by atoms with Crippen molar-refractivity contribution in [2.45, 2.75) is 20.3 Å². The Morgan fingerprint density at radius 2 is 1.29 bits per heavy atom. The minimum atomic E-state index is -0.734. The molecule has 0 saturated heterocycles. The van der Waals surface area contributed by atoms with E-state index in [9.17, 15) is 17.6 Å². The fraction of sp³-hybridized carbons (Fsp3) is 0.143. The first-order valence-electron chi connectivity index (χ1n) is 11.2. The van der Waals surface area contributed by atoms with Gasteiger partial charge in [0.15, 0.2) is 0 Å². The summed E-state index contributed by atoms with van der Waals surface area (Å²) in [5.41, 5.74) is 3.17. The zero-order valence-corrected chi connectivity index (χ0v) is 22.5. The van der Waals surface area contributed by atoms with Crippen molar-refractivity contribution in [3.05, 3.63) is 109 Å². The fourth-order valence-electron chi connectivity index (χ4n) is 3.89. The fourth-order valence-corrected chi connectivity index (χ4v) is 4.70. The second-order valence-electron chi connectivity index (χ2n) is 8.43. The monoisotopic (exact) mass is 580 g/mol. The van der Waals surface area contributed by atoms with Crippen LogP contribution in [0.4, 0.5) is 17.6 Å². The van der Waals surface area contributed by atoms with Crippen molar-refractivity contribution in [2.24, 2.45) is 0 Å². The van der Waals surface area contributed by atoms with Crippen molar-refractivity contribution in [1.82, 2.24) is 9.97 Å². The lowest BCUT2D eigenvalue weighted by Gasteiger charge is -2.12. The average molecular weight is 582 g/mol. The summed E-state index contributed by atoms with van der Waals surface area (Å²) >= 11 is 17.9. The molecule has 0 unspecified atom stereocenters. The molecule has 0 bridgehead atoms. The number of methoxy groups -OCH3 is 1. The quantitative estimate of drug-likeness (QED) is 0.157. The smallest absolute Gasteiger partial charge is 0.137 e. The predicted octanol–water partition coefficient (Wildman–Crippen LogP) is 9.20. The molecule has 5 aromatic rings. The molecule has 0 atom stereocenters. The number of aromatic nitrogens is 2. The highest BCUT2D eigenvalue weighted by molar-refractivity contribution is 6.39. The number of rotatable bonds is 3. The van der Waals surface area contributed by atoms with E-state index in [4.69, 9.17) is 39.5 Å². The van der Waals surface area contributed by atoms with Crippen molar-refractivity contribution in [3.63, 3.8) is 0 Å². The SMILES string of the molecule is COc1cccc(Cc2nc3cc(F)cc(F)c3c(Cl)c2C)c1.Cc1c(Cl)nc2cc(F)cc(F)c2c1Cl. The molecule has 0 aliphatic heterocycles. The summed E-state index contributed by atoms with van der Waals surface area (Å²) in [5, 5.41) is 0.838. The third-order valence-corrected chi connectivity index (χ3v) is 7.20. The molecule has 0 aliphatic rings. The van der Waals surface area contributed by atoms with E-state index in [0.717, 1.165) is 29.5 Å². The Hall–Kier alpha value is -3.13. The molecule has 10 heteroatoms. The lowest BCUT2D eigenvalue weighted by atomic mass is 10.0. The second-order valence-corrected chi connectivity index (χ2v) is 9.54. The van der Waals surface area contributed by atoms with Gasteiger partial charge in [0.25, 0.3) is 0 Å². The second kappa shape index (κ2) is 11.3. The highest BCUT2D eigenvalue weighted by atomic mass is 35.5. The molecule has 0 radical (unpaired) electrons. The van der Waals surface area contributed by atoms with E-state index in [0.29, 0.717) is 23.2 Å². The normalized spacial score (nSPS) is 11.0. The van der Waals surface area contributed by atoms with Crippen LogP contribution in [0.2, 0.25) is 15.2 Å². The van der Waals surface area contributed by atoms with Gasteiger partial charge in [-0.2, -0.15) is 0 Å². The molecule has 0 saturated carbocycles. The number of pyridine rings is 2. The van der Waals surface area contributed by atoms with Gasteiger partial charge in [-0.25, -0.2) is 22.5 Å². The number of fused-ring (bicyclic) bond motifs is 2. The maximum Gasteiger partial charge on any atom is 0.137 e. The zero-order valence-electron chi connectivity index (χ0n) is 20.3. The number of hydrogen-bond donors (Lipinski definition) is 0. The van der Waals surface area contributed by atoms with Crippen LogP contribution in [0.15, 0.2) is 48.5 Å². The lowest BCUT2D eigenvalue weighted by molar-refractivity contribution is 0.414. The van der Waals surface area contributed by atoms with E-state index < -0.39 is 23.3 Å². The molecule has 3 nitrogen and oxygen atoms in total. The minimum Gasteiger partial charge on any atom is -0.497 e. The summed E-state index contributed by atoms with van der Waals surface area (Å²) in [6.45, 7) is 3.41. The Labute approximate surface area is 230 Å². The zero-order chi connectivity index (χ0) is 27.7. The van der Waals surface area contributed by atoms with Crippen molar-refractivity contribution < 1.29 is 22.3 Å². The number of halogens is 7. The topological polar surface area (TPSA) is 35.0 Å². The number of ether oxygens (including phenoxy) is 1. The van der Waals surface area contributed by atoms with E-state index >= 15 is 0 Å². The molecule has 0 aliphatic carbocycles. The van der Waals surface area contributed by atoms with Gasteiger partial charge in [0.1, 0.15) is 34.2 Å². The summed E-state index contributed by atoms with van der Waals surface area (Å²) < 4.78 is 58.9. The van der Waals surface area contributed by atoms with Gasteiger partial charge in [-0.1, -0.05) is 46.9 Å². The highest BCUT2D eigenvalue weighted by Crippen LogP contribution is 2.33. The largest absolute Gasteiger partial charge is 0.497 e. The van der Waals surface area contributed by atoms with Crippen molar-refractivity contribution in [2.75, 3.05) is 7.11 Å². The van der Waals surface area contributed by atoms with Crippen LogP contribution < -0.4 is 4.74 Å². The molecule has 38 heavy (non-hydrogen) atoms. The van der Waals surface area contributed by atoms with Crippen LogP contribution >= 0.6 is 34.8 Å². The van der Waals surface area contributed by atoms with Crippen LogP contribution in [0, 0.1) is 37.1 Å². The summed E-state index contributed by atoms with van der Waals surface area (Å²) in [6, 6.07) is 11.4. The molecule has 196 valence electrons. The van der Waals surface area contributed by atoms with Gasteiger partial charge in [-0.05, 0) is 37.1 Å². The molecule has 0 spiro atoms. The van der Waals surface area contributed by atoms with Gasteiger partial charge in [0.05, 0.1) is 39.0 Å². The Morgan fingerprint density at radius 3 is 1.87 bits per heavy atom. The molecule has 2 heterocycles. The van der Waals surface area contributed by atoms with Gasteiger partial charge in [0, 0.05) is 41.9 Å². The van der Waals surface area contributed by atoms with Crippen molar-refractivity contribution in [3.8, 4) is 5.75 Å². The number of hydrogen-bond acceptors (Lipinski definition) is 3. The minimum absolute atomic E-state index is 0.0972. The molecular weight excluding hydrogens is 563 g/mol. The third kappa shape index (κ3) is 5.65. The van der Waals surface area contributed by atoms with E-state index in [-0.39, 0.29) is 37.0 Å². The average Bonchev–Trinajstić information content (AvgIpc) is 2.85. The van der Waals surface area contributed by atoms with Gasteiger partial charge >= 0.3 is 0 Å². The molecule has 0 amide bonds. The van der Waals surface area contributed by atoms with Gasteiger partial charge in [0.2, 0.25) is 0 Å². The summed E-state index contributed by atoms with van der Waals surface area (Å²) in [5.74, 6) is -2.07. The molecule has 3 aromatic carbocycles. The van der Waals surface area contributed by atoms with Crippen LogP contribution in [0.25, 0.3) is 21.8 Å². The highest BCUT2D eigenvalue weighted by Gasteiger charge is 2.16. The van der Waals surface area contributed by atoms with E-state index in [1.165, 1.54) is 6.07 Å². The maximum absolute atomic E-state index is 14.0. The number of nitrogens with zero attached hydrogens (tertiary/aromatic N) is 2. The molecule has 5 rings (SSSR count). The van der Waals surface area contributed by atoms with Crippen LogP contribution in [0.3, 0.4) is 0 Å². The van der Waals surface area contributed by atoms with Crippen LogP contribution in [0.5, 0.6) is 5.75 Å². The van der Waals surface area contributed by atoms with Crippen molar-refractivity contribution in [1.29, 1.82) is 0 Å². The molecular formula is C28H19Cl3F4N2O. The third-order valence-electron chi connectivity index (χ3n) is 5.89.